The molecule has 1 heterocycles. The van der Waals surface area contributed by atoms with Crippen LogP contribution in [-0.4, -0.2) is 15.6 Å². The molecule has 0 spiro atoms. The molecule has 1 aromatic heterocycles. The number of carbonyl (C=O) groups is 1. The molecule has 0 aliphatic heterocycles. The van der Waals surface area contributed by atoms with Crippen LogP contribution in [0, 0.1) is 11.3 Å². The van der Waals surface area contributed by atoms with Crippen molar-refractivity contribution in [2.24, 2.45) is 11.3 Å². The minimum Gasteiger partial charge on any atom is -0.292 e. The molecule has 0 N–H and O–H groups in total. The summed E-state index contributed by atoms with van der Waals surface area (Å²) in [6.45, 7) is 8.44. The molecule has 1 aliphatic rings. The third-order valence-electron chi connectivity index (χ3n) is 4.30. The zero-order valence-electron chi connectivity index (χ0n) is 12.9. The van der Waals surface area contributed by atoms with E-state index >= 15 is 0 Å². The third-order valence-corrected chi connectivity index (χ3v) is 4.57. The first-order valence-electron chi connectivity index (χ1n) is 7.65. The molecule has 0 unspecified atom stereocenters. The van der Waals surface area contributed by atoms with E-state index in [1.54, 1.807) is 10.9 Å². The maximum absolute atomic E-state index is 13.2. The second-order valence-corrected chi connectivity index (χ2v) is 7.20. The first-order valence-corrected chi connectivity index (χ1v) is 8.03. The van der Waals surface area contributed by atoms with Gasteiger partial charge in [-0.25, -0.2) is 0 Å². The van der Waals surface area contributed by atoms with Crippen LogP contribution in [0.1, 0.15) is 76.3 Å². The summed E-state index contributed by atoms with van der Waals surface area (Å²) in [6, 6.07) is 0.152. The molecule has 1 saturated carbocycles. The lowest BCUT2D eigenvalue weighted by Gasteiger charge is -2.30. The average Bonchev–Trinajstić information content (AvgIpc) is 2.95. The van der Waals surface area contributed by atoms with E-state index in [0.717, 1.165) is 32.1 Å². The Bertz CT molecular complexity index is 485. The molecule has 1 aliphatic carbocycles. The van der Waals surface area contributed by atoms with E-state index in [9.17, 15) is 4.79 Å². The Kier molecular flexibility index (Phi) is 4.58. The first kappa shape index (κ1) is 15.6. The zero-order chi connectivity index (χ0) is 14.9. The number of hydrogen-bond acceptors (Lipinski definition) is 2. The Balaban J connectivity index is 2.40. The molecular weight excluding hydrogens is 272 g/mol. The summed E-state index contributed by atoms with van der Waals surface area (Å²) < 4.78 is 1.78. The summed E-state index contributed by atoms with van der Waals surface area (Å²) >= 11 is 6.26. The molecule has 2 rings (SSSR count). The topological polar surface area (TPSA) is 34.9 Å². The van der Waals surface area contributed by atoms with Crippen molar-refractivity contribution in [2.75, 3.05) is 0 Å². The normalized spacial score (nSPS) is 18.1. The highest BCUT2D eigenvalue weighted by Gasteiger charge is 2.43. The van der Waals surface area contributed by atoms with Crippen LogP contribution in [0.15, 0.2) is 6.20 Å². The average molecular weight is 297 g/mol. The lowest BCUT2D eigenvalue weighted by atomic mass is 9.74. The molecule has 0 radical (unpaired) electrons. The van der Waals surface area contributed by atoms with Gasteiger partial charge in [0.1, 0.15) is 5.69 Å². The summed E-state index contributed by atoms with van der Waals surface area (Å²) in [7, 11) is 0. The van der Waals surface area contributed by atoms with Gasteiger partial charge in [-0.15, -0.1) is 0 Å². The molecule has 0 bridgehead atoms. The molecular formula is C16H25ClN2O. The summed E-state index contributed by atoms with van der Waals surface area (Å²) in [5, 5.41) is 4.78. The number of halogens is 1. The Labute approximate surface area is 126 Å². The van der Waals surface area contributed by atoms with Gasteiger partial charge in [0.2, 0.25) is 0 Å². The van der Waals surface area contributed by atoms with Crippen LogP contribution in [0.2, 0.25) is 5.02 Å². The van der Waals surface area contributed by atoms with E-state index in [4.69, 9.17) is 11.6 Å². The van der Waals surface area contributed by atoms with Crippen LogP contribution in [-0.2, 0) is 0 Å². The van der Waals surface area contributed by atoms with Gasteiger partial charge in [0.15, 0.2) is 5.78 Å². The zero-order valence-corrected chi connectivity index (χ0v) is 13.7. The maximum atomic E-state index is 13.2. The Morgan fingerprint density at radius 2 is 1.95 bits per heavy atom. The highest BCUT2D eigenvalue weighted by molar-refractivity contribution is 6.33. The number of hydrogen-bond donors (Lipinski definition) is 0. The van der Waals surface area contributed by atoms with Crippen molar-refractivity contribution in [3.05, 3.63) is 16.9 Å². The standard InChI is InChI=1S/C16H25ClN2O/c1-11(2)9-16(7-5-6-8-16)15(20)14-13(17)10-18-19(14)12(3)4/h10-12H,5-9H2,1-4H3. The number of ketones is 1. The Morgan fingerprint density at radius 1 is 1.35 bits per heavy atom. The molecule has 112 valence electrons. The molecule has 1 fully saturated rings. The quantitative estimate of drug-likeness (QED) is 0.724. The molecule has 20 heavy (non-hydrogen) atoms. The molecule has 0 atom stereocenters. The third kappa shape index (κ3) is 2.78. The van der Waals surface area contributed by atoms with Gasteiger partial charge in [-0.1, -0.05) is 38.3 Å². The second kappa shape index (κ2) is 5.88. The van der Waals surface area contributed by atoms with E-state index in [1.807, 2.05) is 13.8 Å². The Hall–Kier alpha value is -0.830. The summed E-state index contributed by atoms with van der Waals surface area (Å²) in [5.41, 5.74) is 0.397. The molecule has 0 amide bonds. The highest BCUT2D eigenvalue weighted by Crippen LogP contribution is 2.46. The molecule has 0 saturated heterocycles. The van der Waals surface area contributed by atoms with Crippen molar-refractivity contribution in [3.8, 4) is 0 Å². The maximum Gasteiger partial charge on any atom is 0.188 e. The second-order valence-electron chi connectivity index (χ2n) is 6.79. The fourth-order valence-corrected chi connectivity index (χ4v) is 3.77. The van der Waals surface area contributed by atoms with E-state index in [0.29, 0.717) is 16.6 Å². The van der Waals surface area contributed by atoms with E-state index in [-0.39, 0.29) is 17.2 Å². The predicted octanol–water partition coefficient (Wildman–Crippen LogP) is 4.91. The van der Waals surface area contributed by atoms with Crippen molar-refractivity contribution < 1.29 is 4.79 Å². The first-order chi connectivity index (χ1) is 9.37. The lowest BCUT2D eigenvalue weighted by molar-refractivity contribution is 0.0746. The number of carbonyl (C=O) groups excluding carboxylic acids is 1. The highest BCUT2D eigenvalue weighted by atomic mass is 35.5. The molecule has 3 nitrogen and oxygen atoms in total. The van der Waals surface area contributed by atoms with Gasteiger partial charge < -0.3 is 0 Å². The summed E-state index contributed by atoms with van der Waals surface area (Å²) in [5.74, 6) is 0.728. The van der Waals surface area contributed by atoms with Gasteiger partial charge in [0, 0.05) is 11.5 Å². The van der Waals surface area contributed by atoms with Crippen LogP contribution in [0.5, 0.6) is 0 Å². The van der Waals surface area contributed by atoms with Crippen molar-refractivity contribution >= 4 is 17.4 Å². The van der Waals surface area contributed by atoms with E-state index in [1.165, 1.54) is 0 Å². The molecule has 1 aromatic rings. The fraction of sp³-hybridized carbons (Fsp3) is 0.750. The number of aromatic nitrogens is 2. The molecule has 4 heteroatoms. The van der Waals surface area contributed by atoms with Gasteiger partial charge in [-0.2, -0.15) is 5.10 Å². The SMILES string of the molecule is CC(C)CC1(C(=O)c2c(Cl)cnn2C(C)C)CCCC1. The van der Waals surface area contributed by atoms with Crippen LogP contribution >= 0.6 is 11.6 Å². The number of rotatable bonds is 5. The van der Waals surface area contributed by atoms with Crippen molar-refractivity contribution in [1.82, 2.24) is 9.78 Å². The number of Topliss-reactive ketones (excluding diaryl/α,β-unsaturated/α-hetero) is 1. The van der Waals surface area contributed by atoms with Gasteiger partial charge in [-0.3, -0.25) is 9.48 Å². The Morgan fingerprint density at radius 3 is 2.45 bits per heavy atom. The minimum absolute atomic E-state index is 0.152. The van der Waals surface area contributed by atoms with E-state index < -0.39 is 0 Å². The monoisotopic (exact) mass is 296 g/mol. The van der Waals surface area contributed by atoms with Gasteiger partial charge in [0.25, 0.3) is 0 Å². The van der Waals surface area contributed by atoms with E-state index in [2.05, 4.69) is 18.9 Å². The largest absolute Gasteiger partial charge is 0.292 e. The van der Waals surface area contributed by atoms with Gasteiger partial charge in [-0.05, 0) is 39.0 Å². The van der Waals surface area contributed by atoms with Crippen molar-refractivity contribution in [2.45, 2.75) is 65.8 Å². The van der Waals surface area contributed by atoms with Gasteiger partial charge in [0.05, 0.1) is 11.2 Å². The van der Waals surface area contributed by atoms with Gasteiger partial charge >= 0.3 is 0 Å². The minimum atomic E-state index is -0.218. The lowest BCUT2D eigenvalue weighted by Crippen LogP contribution is -2.32. The van der Waals surface area contributed by atoms with Crippen LogP contribution in [0.3, 0.4) is 0 Å². The van der Waals surface area contributed by atoms with Crippen LogP contribution < -0.4 is 0 Å². The number of nitrogens with zero attached hydrogens (tertiary/aromatic N) is 2. The van der Waals surface area contributed by atoms with Crippen LogP contribution in [0.25, 0.3) is 0 Å². The predicted molar refractivity (Wildman–Crippen MR) is 82.3 cm³/mol. The van der Waals surface area contributed by atoms with Crippen molar-refractivity contribution in [3.63, 3.8) is 0 Å². The molecule has 0 aromatic carbocycles. The van der Waals surface area contributed by atoms with Crippen LogP contribution in [0.4, 0.5) is 0 Å². The summed E-state index contributed by atoms with van der Waals surface area (Å²) in [6.07, 6.45) is 6.82. The smallest absolute Gasteiger partial charge is 0.188 e. The fourth-order valence-electron chi connectivity index (χ4n) is 3.55. The summed E-state index contributed by atoms with van der Waals surface area (Å²) in [4.78, 5) is 13.2. The van der Waals surface area contributed by atoms with Crippen molar-refractivity contribution in [1.29, 1.82) is 0 Å².